The van der Waals surface area contributed by atoms with Gasteiger partial charge in [-0.1, -0.05) is 12.1 Å². The molecule has 0 spiro atoms. The molecular weight excluding hydrogens is 304 g/mol. The molecule has 0 unspecified atom stereocenters. The third kappa shape index (κ3) is 2.89. The van der Waals surface area contributed by atoms with E-state index in [4.69, 9.17) is 4.74 Å². The average Bonchev–Trinajstić information content (AvgIpc) is 3.38. The number of fused-ring (bicyclic) bond motifs is 1. The lowest BCUT2D eigenvalue weighted by Gasteiger charge is -2.23. The number of hydrogen-bond donors (Lipinski definition) is 2. The van der Waals surface area contributed by atoms with Gasteiger partial charge in [0.05, 0.1) is 7.11 Å². The molecular formula is C18H22N4O2. The molecule has 0 atom stereocenters. The second-order valence-electron chi connectivity index (χ2n) is 6.47. The molecule has 0 radical (unpaired) electrons. The Morgan fingerprint density at radius 1 is 1.33 bits per heavy atom. The van der Waals surface area contributed by atoms with Crippen molar-refractivity contribution in [3.05, 3.63) is 46.8 Å². The number of methoxy groups -OCH3 is 1. The van der Waals surface area contributed by atoms with E-state index in [2.05, 4.69) is 15.5 Å². The molecule has 1 aliphatic heterocycles. The number of carbonyl (C=O) groups is 1. The zero-order chi connectivity index (χ0) is 16.5. The molecule has 4 rings (SSSR count). The fourth-order valence-electron chi connectivity index (χ4n) is 3.22. The van der Waals surface area contributed by atoms with Crippen molar-refractivity contribution in [2.45, 2.75) is 38.4 Å². The van der Waals surface area contributed by atoms with Gasteiger partial charge in [-0.25, -0.2) is 0 Å². The Labute approximate surface area is 141 Å². The first kappa shape index (κ1) is 15.2. The fraction of sp³-hybridized carbons (Fsp3) is 0.444. The quantitative estimate of drug-likeness (QED) is 0.880. The molecule has 1 aliphatic carbocycles. The molecule has 2 aromatic rings. The number of hydrogen-bond acceptors (Lipinski definition) is 4. The summed E-state index contributed by atoms with van der Waals surface area (Å²) in [6, 6.07) is 8.24. The van der Waals surface area contributed by atoms with Crippen LogP contribution in [0.25, 0.3) is 0 Å². The Hall–Kier alpha value is -2.34. The minimum atomic E-state index is 0.0366. The van der Waals surface area contributed by atoms with Gasteiger partial charge >= 0.3 is 0 Å². The number of aromatic amines is 1. The number of nitrogens with one attached hydrogen (secondary N) is 2. The van der Waals surface area contributed by atoms with Gasteiger partial charge in [0.2, 0.25) is 0 Å². The highest BCUT2D eigenvalue weighted by Gasteiger charge is 2.35. The van der Waals surface area contributed by atoms with Crippen LogP contribution in [0.1, 0.15) is 40.2 Å². The first-order valence-electron chi connectivity index (χ1n) is 8.47. The van der Waals surface area contributed by atoms with Gasteiger partial charge in [-0.05, 0) is 30.5 Å². The molecule has 0 bridgehead atoms. The number of benzene rings is 1. The smallest absolute Gasteiger partial charge is 0.275 e. The normalized spacial score (nSPS) is 16.5. The van der Waals surface area contributed by atoms with Crippen LogP contribution in [0.4, 0.5) is 0 Å². The van der Waals surface area contributed by atoms with Crippen molar-refractivity contribution in [1.82, 2.24) is 20.4 Å². The molecule has 6 heteroatoms. The van der Waals surface area contributed by atoms with Crippen LogP contribution >= 0.6 is 0 Å². The monoisotopic (exact) mass is 326 g/mol. The van der Waals surface area contributed by atoms with Crippen LogP contribution in [0.15, 0.2) is 24.3 Å². The molecule has 2 N–H and O–H groups in total. The van der Waals surface area contributed by atoms with E-state index in [9.17, 15) is 4.79 Å². The van der Waals surface area contributed by atoms with Crippen LogP contribution in [-0.2, 0) is 19.5 Å². The Morgan fingerprint density at radius 3 is 2.83 bits per heavy atom. The number of ether oxygens (including phenoxy) is 1. The van der Waals surface area contributed by atoms with Gasteiger partial charge in [0.1, 0.15) is 5.75 Å². The van der Waals surface area contributed by atoms with E-state index in [0.717, 1.165) is 48.4 Å². The van der Waals surface area contributed by atoms with Crippen molar-refractivity contribution in [2.75, 3.05) is 13.7 Å². The molecule has 24 heavy (non-hydrogen) atoms. The highest BCUT2D eigenvalue weighted by molar-refractivity contribution is 5.94. The second-order valence-corrected chi connectivity index (χ2v) is 6.47. The Morgan fingerprint density at radius 2 is 2.12 bits per heavy atom. The first-order chi connectivity index (χ1) is 11.8. The third-order valence-electron chi connectivity index (χ3n) is 4.77. The lowest BCUT2D eigenvalue weighted by Crippen LogP contribution is -2.34. The van der Waals surface area contributed by atoms with Crippen molar-refractivity contribution in [3.8, 4) is 5.75 Å². The maximum Gasteiger partial charge on any atom is 0.275 e. The summed E-state index contributed by atoms with van der Waals surface area (Å²) in [6.07, 6.45) is 3.05. The van der Waals surface area contributed by atoms with Gasteiger partial charge in [0.25, 0.3) is 5.91 Å². The van der Waals surface area contributed by atoms with E-state index in [1.165, 1.54) is 0 Å². The van der Waals surface area contributed by atoms with E-state index in [0.29, 0.717) is 24.8 Å². The van der Waals surface area contributed by atoms with Crippen LogP contribution in [0.5, 0.6) is 5.75 Å². The van der Waals surface area contributed by atoms with E-state index in [1.807, 2.05) is 29.2 Å². The molecule has 6 nitrogen and oxygen atoms in total. The molecule has 1 aromatic carbocycles. The minimum absolute atomic E-state index is 0.0366. The van der Waals surface area contributed by atoms with Gasteiger partial charge in [0.15, 0.2) is 5.69 Å². The van der Waals surface area contributed by atoms with Gasteiger partial charge in [-0.2, -0.15) is 5.10 Å². The van der Waals surface area contributed by atoms with Crippen molar-refractivity contribution in [1.29, 1.82) is 0 Å². The van der Waals surface area contributed by atoms with E-state index in [-0.39, 0.29) is 5.91 Å². The molecule has 1 amide bonds. The Kier molecular flexibility index (Phi) is 3.98. The molecule has 1 saturated carbocycles. The molecule has 2 aliphatic rings. The molecule has 2 heterocycles. The maximum absolute atomic E-state index is 13.1. The number of nitrogens with zero attached hydrogens (tertiary/aromatic N) is 2. The fourth-order valence-corrected chi connectivity index (χ4v) is 3.22. The summed E-state index contributed by atoms with van der Waals surface area (Å²) in [7, 11) is 1.66. The predicted molar refractivity (Wildman–Crippen MR) is 89.9 cm³/mol. The molecule has 0 saturated heterocycles. The lowest BCUT2D eigenvalue weighted by atomic mass is 10.1. The van der Waals surface area contributed by atoms with Crippen LogP contribution < -0.4 is 10.1 Å². The van der Waals surface area contributed by atoms with E-state index >= 15 is 0 Å². The summed E-state index contributed by atoms with van der Waals surface area (Å²) in [5.74, 6) is 0.866. The summed E-state index contributed by atoms with van der Waals surface area (Å²) in [6.45, 7) is 2.26. The SMILES string of the molecule is COc1ccc(CN(C(=O)c2n[nH]c3c2CNCC3)C2CC2)cc1. The standard InChI is InChI=1S/C18H22N4O2/c1-24-14-6-2-12(3-7-14)11-22(13-4-5-13)18(23)17-15-10-19-9-8-16(15)20-21-17/h2-3,6-7,13,19H,4-5,8-11H2,1H3,(H,20,21). The van der Waals surface area contributed by atoms with Gasteiger partial charge in [0, 0.05) is 43.4 Å². The topological polar surface area (TPSA) is 70.2 Å². The predicted octanol–water partition coefficient (Wildman–Crippen LogP) is 1.87. The Bertz CT molecular complexity index is 734. The summed E-state index contributed by atoms with van der Waals surface area (Å²) in [5, 5.41) is 10.7. The zero-order valence-electron chi connectivity index (χ0n) is 13.8. The van der Waals surface area contributed by atoms with Crippen LogP contribution in [0, 0.1) is 0 Å². The summed E-state index contributed by atoms with van der Waals surface area (Å²) >= 11 is 0. The average molecular weight is 326 g/mol. The number of H-pyrrole nitrogens is 1. The summed E-state index contributed by atoms with van der Waals surface area (Å²) in [4.78, 5) is 15.0. The third-order valence-corrected chi connectivity index (χ3v) is 4.77. The summed E-state index contributed by atoms with van der Waals surface area (Å²) < 4.78 is 5.20. The van der Waals surface area contributed by atoms with E-state index < -0.39 is 0 Å². The zero-order valence-corrected chi connectivity index (χ0v) is 13.8. The minimum Gasteiger partial charge on any atom is -0.497 e. The van der Waals surface area contributed by atoms with Crippen LogP contribution in [0.3, 0.4) is 0 Å². The number of rotatable bonds is 5. The highest BCUT2D eigenvalue weighted by Crippen LogP contribution is 2.31. The molecule has 1 aromatic heterocycles. The number of aromatic nitrogens is 2. The van der Waals surface area contributed by atoms with Crippen molar-refractivity contribution >= 4 is 5.91 Å². The van der Waals surface area contributed by atoms with Crippen molar-refractivity contribution in [2.24, 2.45) is 0 Å². The van der Waals surface area contributed by atoms with Gasteiger partial charge < -0.3 is 15.0 Å². The second kappa shape index (κ2) is 6.28. The van der Waals surface area contributed by atoms with Gasteiger partial charge in [-0.15, -0.1) is 0 Å². The van der Waals surface area contributed by atoms with Crippen molar-refractivity contribution < 1.29 is 9.53 Å². The molecule has 126 valence electrons. The molecule has 1 fully saturated rings. The van der Waals surface area contributed by atoms with Crippen LogP contribution in [0.2, 0.25) is 0 Å². The number of amides is 1. The Balaban J connectivity index is 1.56. The maximum atomic E-state index is 13.1. The number of carbonyl (C=O) groups excluding carboxylic acids is 1. The van der Waals surface area contributed by atoms with E-state index in [1.54, 1.807) is 7.11 Å². The lowest BCUT2D eigenvalue weighted by molar-refractivity contribution is 0.0722. The highest BCUT2D eigenvalue weighted by atomic mass is 16.5. The first-order valence-corrected chi connectivity index (χ1v) is 8.47. The summed E-state index contributed by atoms with van der Waals surface area (Å²) in [5.41, 5.74) is 3.82. The van der Waals surface area contributed by atoms with Crippen LogP contribution in [-0.4, -0.2) is 40.7 Å². The largest absolute Gasteiger partial charge is 0.497 e. The van der Waals surface area contributed by atoms with Gasteiger partial charge in [-0.3, -0.25) is 9.89 Å². The van der Waals surface area contributed by atoms with Crippen molar-refractivity contribution in [3.63, 3.8) is 0 Å².